The molecule has 0 amide bonds. The Bertz CT molecular complexity index is 2010. The summed E-state index contributed by atoms with van der Waals surface area (Å²) in [5, 5.41) is 0. The summed E-state index contributed by atoms with van der Waals surface area (Å²) in [6.45, 7) is 6.15. The number of fused-ring (bicyclic) bond motifs is 9. The largest absolute Gasteiger partial charge is 0.457 e. The van der Waals surface area contributed by atoms with Crippen LogP contribution in [0, 0.1) is 20.8 Å². The number of aryl methyl sites for hydroxylation is 3. The van der Waals surface area contributed by atoms with Gasteiger partial charge in [-0.1, -0.05) is 72.8 Å². The molecule has 3 heterocycles. The first-order valence-electron chi connectivity index (χ1n) is 13.9. The van der Waals surface area contributed by atoms with Crippen molar-refractivity contribution in [2.24, 2.45) is 0 Å². The number of rotatable bonds is 2. The minimum Gasteiger partial charge on any atom is -0.457 e. The van der Waals surface area contributed by atoms with Gasteiger partial charge in [0.25, 0.3) is 0 Å². The molecular formula is C37H27N3O. The molecule has 41 heavy (non-hydrogen) atoms. The van der Waals surface area contributed by atoms with E-state index in [2.05, 4.69) is 96.8 Å². The van der Waals surface area contributed by atoms with Crippen LogP contribution >= 0.6 is 0 Å². The van der Waals surface area contributed by atoms with Gasteiger partial charge < -0.3 is 4.74 Å². The predicted octanol–water partition coefficient (Wildman–Crippen LogP) is 8.60. The van der Waals surface area contributed by atoms with Gasteiger partial charge in [-0.2, -0.15) is 0 Å². The summed E-state index contributed by atoms with van der Waals surface area (Å²) in [6.07, 6.45) is 3.83. The molecular weight excluding hydrogens is 502 g/mol. The molecule has 1 aliphatic heterocycles. The van der Waals surface area contributed by atoms with Crippen LogP contribution in [0.15, 0.2) is 109 Å². The first kappa shape index (κ1) is 23.8. The third-order valence-electron chi connectivity index (χ3n) is 8.52. The van der Waals surface area contributed by atoms with Gasteiger partial charge in [-0.3, -0.25) is 4.98 Å². The van der Waals surface area contributed by atoms with Crippen LogP contribution < -0.4 is 4.74 Å². The lowest BCUT2D eigenvalue weighted by atomic mass is 9.66. The van der Waals surface area contributed by atoms with Crippen LogP contribution in [0.5, 0.6) is 11.5 Å². The fourth-order valence-corrected chi connectivity index (χ4v) is 6.95. The van der Waals surface area contributed by atoms with Gasteiger partial charge >= 0.3 is 0 Å². The summed E-state index contributed by atoms with van der Waals surface area (Å²) >= 11 is 0. The molecule has 1 unspecified atom stereocenters. The SMILES string of the molecule is Cc1cc(C)nc(-c2ccc3c(c2)Oc2ccccc2C32c3ccccc3-c3c(-c4ccncc4C)cccc32)n1. The summed E-state index contributed by atoms with van der Waals surface area (Å²) in [6, 6.07) is 34.6. The molecule has 4 heteroatoms. The van der Waals surface area contributed by atoms with E-state index in [4.69, 9.17) is 14.7 Å². The second-order valence-corrected chi connectivity index (χ2v) is 11.0. The second kappa shape index (κ2) is 8.70. The van der Waals surface area contributed by atoms with Gasteiger partial charge in [0.05, 0.1) is 5.41 Å². The lowest BCUT2D eigenvalue weighted by Crippen LogP contribution is -2.32. The van der Waals surface area contributed by atoms with Crippen molar-refractivity contribution in [3.63, 3.8) is 0 Å². The van der Waals surface area contributed by atoms with E-state index in [1.807, 2.05) is 38.4 Å². The van der Waals surface area contributed by atoms with Crippen LogP contribution in [0.2, 0.25) is 0 Å². The highest BCUT2D eigenvalue weighted by Gasteiger charge is 2.51. The number of pyridine rings is 1. The predicted molar refractivity (Wildman–Crippen MR) is 162 cm³/mol. The van der Waals surface area contributed by atoms with E-state index in [0.29, 0.717) is 5.82 Å². The smallest absolute Gasteiger partial charge is 0.159 e. The molecule has 0 saturated carbocycles. The summed E-state index contributed by atoms with van der Waals surface area (Å²) in [5.74, 6) is 2.41. The molecule has 4 nitrogen and oxygen atoms in total. The fraction of sp³-hybridized carbons (Fsp3) is 0.108. The van der Waals surface area contributed by atoms with E-state index in [1.54, 1.807) is 0 Å². The van der Waals surface area contributed by atoms with Crippen molar-refractivity contribution in [3.8, 4) is 45.1 Å². The zero-order valence-electron chi connectivity index (χ0n) is 23.1. The van der Waals surface area contributed by atoms with E-state index >= 15 is 0 Å². The zero-order chi connectivity index (χ0) is 27.7. The molecule has 6 aromatic rings. The normalized spacial score (nSPS) is 16.0. The first-order valence-corrected chi connectivity index (χ1v) is 13.9. The Morgan fingerprint density at radius 3 is 2.12 bits per heavy atom. The van der Waals surface area contributed by atoms with Crippen molar-refractivity contribution in [1.82, 2.24) is 15.0 Å². The minimum atomic E-state index is -0.533. The van der Waals surface area contributed by atoms with Crippen LogP contribution in [0.4, 0.5) is 0 Å². The van der Waals surface area contributed by atoms with E-state index in [1.165, 1.54) is 33.4 Å². The third kappa shape index (κ3) is 3.31. The molecule has 4 aromatic carbocycles. The Balaban J connectivity index is 1.47. The Morgan fingerprint density at radius 1 is 0.585 bits per heavy atom. The van der Waals surface area contributed by atoms with Crippen molar-refractivity contribution < 1.29 is 4.74 Å². The Kier molecular flexibility index (Phi) is 5.05. The number of nitrogens with zero attached hydrogens (tertiary/aromatic N) is 3. The molecule has 2 aromatic heterocycles. The lowest BCUT2D eigenvalue weighted by Gasteiger charge is -2.39. The zero-order valence-corrected chi connectivity index (χ0v) is 23.1. The minimum absolute atomic E-state index is 0.533. The van der Waals surface area contributed by atoms with Crippen LogP contribution in [0.25, 0.3) is 33.6 Å². The maximum absolute atomic E-state index is 6.69. The molecule has 2 aliphatic rings. The maximum atomic E-state index is 6.69. The van der Waals surface area contributed by atoms with Crippen LogP contribution in [0.1, 0.15) is 39.2 Å². The van der Waals surface area contributed by atoms with Gasteiger partial charge in [-0.15, -0.1) is 0 Å². The van der Waals surface area contributed by atoms with Crippen molar-refractivity contribution in [2.45, 2.75) is 26.2 Å². The molecule has 0 fully saturated rings. The molecule has 1 aliphatic carbocycles. The van der Waals surface area contributed by atoms with E-state index < -0.39 is 5.41 Å². The molecule has 0 bridgehead atoms. The summed E-state index contributed by atoms with van der Waals surface area (Å²) in [7, 11) is 0. The van der Waals surface area contributed by atoms with Crippen molar-refractivity contribution >= 4 is 0 Å². The van der Waals surface area contributed by atoms with Gasteiger partial charge in [0.15, 0.2) is 5.82 Å². The van der Waals surface area contributed by atoms with Gasteiger partial charge in [0, 0.05) is 40.5 Å². The molecule has 1 atom stereocenters. The lowest BCUT2D eigenvalue weighted by molar-refractivity contribution is 0.436. The Morgan fingerprint density at radius 2 is 1.29 bits per heavy atom. The number of aromatic nitrogens is 3. The van der Waals surface area contributed by atoms with Crippen LogP contribution in [-0.2, 0) is 5.41 Å². The van der Waals surface area contributed by atoms with Crippen molar-refractivity contribution in [3.05, 3.63) is 149 Å². The molecule has 196 valence electrons. The monoisotopic (exact) mass is 529 g/mol. The average molecular weight is 530 g/mol. The van der Waals surface area contributed by atoms with E-state index in [0.717, 1.165) is 45.1 Å². The van der Waals surface area contributed by atoms with E-state index in [-0.39, 0.29) is 0 Å². The molecule has 0 radical (unpaired) electrons. The summed E-state index contributed by atoms with van der Waals surface area (Å²) in [4.78, 5) is 13.8. The van der Waals surface area contributed by atoms with Crippen LogP contribution in [-0.4, -0.2) is 15.0 Å². The number of hydrogen-bond donors (Lipinski definition) is 0. The second-order valence-electron chi connectivity index (χ2n) is 11.0. The fourth-order valence-electron chi connectivity index (χ4n) is 6.95. The summed E-state index contributed by atoms with van der Waals surface area (Å²) in [5.41, 5.74) is 13.2. The van der Waals surface area contributed by atoms with Crippen LogP contribution in [0.3, 0.4) is 0 Å². The number of benzene rings is 4. The number of ether oxygens (including phenoxy) is 1. The standard InChI is InChI=1S/C37H27N3O/c1-22-21-38-18-17-26(22)27-10-8-13-32-35(27)28-9-4-5-11-29(28)37(32)30-12-6-7-14-33(30)41-34-20-25(15-16-31(34)37)36-39-23(2)19-24(3)40-36/h4-21H,1-3H3. The number of para-hydroxylation sites is 1. The molecule has 0 saturated heterocycles. The van der Waals surface area contributed by atoms with E-state index in [9.17, 15) is 0 Å². The Hall–Kier alpha value is -5.09. The summed E-state index contributed by atoms with van der Waals surface area (Å²) < 4.78 is 6.69. The van der Waals surface area contributed by atoms with Gasteiger partial charge in [-0.25, -0.2) is 9.97 Å². The van der Waals surface area contributed by atoms with Gasteiger partial charge in [0.2, 0.25) is 0 Å². The topological polar surface area (TPSA) is 47.9 Å². The molecule has 1 spiro atoms. The third-order valence-corrected chi connectivity index (χ3v) is 8.52. The quantitative estimate of drug-likeness (QED) is 0.225. The highest BCUT2D eigenvalue weighted by molar-refractivity contribution is 5.97. The molecule has 0 N–H and O–H groups in total. The Labute approximate surface area is 239 Å². The van der Waals surface area contributed by atoms with Gasteiger partial charge in [0.1, 0.15) is 11.5 Å². The highest BCUT2D eigenvalue weighted by Crippen LogP contribution is 2.63. The van der Waals surface area contributed by atoms with Crippen molar-refractivity contribution in [2.75, 3.05) is 0 Å². The highest BCUT2D eigenvalue weighted by atomic mass is 16.5. The number of hydrogen-bond acceptors (Lipinski definition) is 4. The first-order chi connectivity index (χ1) is 20.1. The van der Waals surface area contributed by atoms with Gasteiger partial charge in [-0.05, 0) is 84.0 Å². The van der Waals surface area contributed by atoms with Crippen molar-refractivity contribution in [1.29, 1.82) is 0 Å². The maximum Gasteiger partial charge on any atom is 0.159 e. The average Bonchev–Trinajstić information content (AvgIpc) is 3.28. The molecule has 8 rings (SSSR count).